The van der Waals surface area contributed by atoms with Crippen LogP contribution in [0.15, 0.2) is 272 Å². The van der Waals surface area contributed by atoms with Crippen molar-refractivity contribution in [2.45, 2.75) is 0 Å². The number of rotatable bonds is 8. The standard InChI is InChI=1S/C70H42N2O4/c1-3-13-49(14-4-1)71(61-21-11-19-57-53-17-7-9-23-63(53)75-69(57)61)51-31-25-43(26-32-51)45-29-35-55-59-37-47-38-60-56-36-30-46(40-66(56)74-68(60)42-48(47)41-67(59)73-65(55)39-45)44-27-33-52(34-28-44)72(50-15-5-2-6-16-50)62-22-12-20-58-54-18-8-10-24-64(54)76-70(58)62/h1-42H. The maximum atomic E-state index is 6.65. The molecule has 4 heterocycles. The highest BCUT2D eigenvalue weighted by Gasteiger charge is 2.22. The second-order valence-corrected chi connectivity index (χ2v) is 19.6. The zero-order valence-electron chi connectivity index (χ0n) is 40.8. The van der Waals surface area contributed by atoms with E-state index < -0.39 is 0 Å². The van der Waals surface area contributed by atoms with Gasteiger partial charge in [0.25, 0.3) is 0 Å². The molecule has 0 radical (unpaired) electrons. The van der Waals surface area contributed by atoms with Crippen LogP contribution < -0.4 is 9.80 Å². The van der Waals surface area contributed by atoms with Gasteiger partial charge in [-0.05, 0) is 154 Å². The molecular formula is C70H42N2O4. The first-order chi connectivity index (χ1) is 37.6. The second kappa shape index (κ2) is 16.6. The number of furan rings is 4. The van der Waals surface area contributed by atoms with Crippen LogP contribution in [0.3, 0.4) is 0 Å². The minimum absolute atomic E-state index is 0.842. The van der Waals surface area contributed by atoms with Crippen molar-refractivity contribution in [1.29, 1.82) is 0 Å². The van der Waals surface area contributed by atoms with Gasteiger partial charge < -0.3 is 27.5 Å². The highest BCUT2D eigenvalue weighted by atomic mass is 16.3. The summed E-state index contributed by atoms with van der Waals surface area (Å²) in [5, 5.41) is 10.9. The quantitative estimate of drug-likeness (QED) is 0.151. The molecular weight excluding hydrogens is 933 g/mol. The molecule has 0 aliphatic heterocycles. The van der Waals surface area contributed by atoms with E-state index in [0.29, 0.717) is 0 Å². The summed E-state index contributed by atoms with van der Waals surface area (Å²) in [5.74, 6) is 0. The zero-order valence-corrected chi connectivity index (χ0v) is 40.8. The number of hydrogen-bond donors (Lipinski definition) is 0. The molecule has 4 aromatic heterocycles. The van der Waals surface area contributed by atoms with Gasteiger partial charge in [0.15, 0.2) is 11.2 Å². The fraction of sp³-hybridized carbons (Fsp3) is 0. The molecule has 0 atom stereocenters. The Bertz CT molecular complexity index is 4620. The molecule has 76 heavy (non-hydrogen) atoms. The Hall–Kier alpha value is -10.3. The normalized spacial score (nSPS) is 11.9. The van der Waals surface area contributed by atoms with Crippen molar-refractivity contribution in [3.8, 4) is 22.3 Å². The Balaban J connectivity index is 0.706. The number of anilines is 6. The molecule has 6 heteroatoms. The van der Waals surface area contributed by atoms with E-state index in [1.54, 1.807) is 0 Å². The molecule has 0 fully saturated rings. The van der Waals surface area contributed by atoms with E-state index >= 15 is 0 Å². The summed E-state index contributed by atoms with van der Waals surface area (Å²) in [7, 11) is 0. The second-order valence-electron chi connectivity index (χ2n) is 19.6. The third-order valence-corrected chi connectivity index (χ3v) is 15.2. The van der Waals surface area contributed by atoms with Gasteiger partial charge in [-0.2, -0.15) is 0 Å². The van der Waals surface area contributed by atoms with Crippen LogP contribution in [0.4, 0.5) is 34.1 Å². The van der Waals surface area contributed by atoms with Gasteiger partial charge in [0.05, 0.1) is 11.4 Å². The van der Waals surface area contributed by atoms with Gasteiger partial charge >= 0.3 is 0 Å². The van der Waals surface area contributed by atoms with E-state index in [0.717, 1.165) is 155 Å². The average molecular weight is 975 g/mol. The summed E-state index contributed by atoms with van der Waals surface area (Å²) in [6.45, 7) is 0. The minimum Gasteiger partial charge on any atom is -0.456 e. The lowest BCUT2D eigenvalue weighted by atomic mass is 10.00. The SMILES string of the molecule is c1ccc(N(c2ccc(-c3ccc4c(c3)oc3cc5cc6oc7cc(-c8ccc(N(c9ccccc9)c9cccc%10c9oc9ccccc9%10)cc8)ccc7c6cc5cc34)cc2)c2cccc3c2oc2ccccc23)cc1. The first-order valence-electron chi connectivity index (χ1n) is 25.6. The highest BCUT2D eigenvalue weighted by Crippen LogP contribution is 2.46. The summed E-state index contributed by atoms with van der Waals surface area (Å²) < 4.78 is 26.3. The predicted molar refractivity (Wildman–Crippen MR) is 313 cm³/mol. The van der Waals surface area contributed by atoms with E-state index in [1.807, 2.05) is 36.4 Å². The van der Waals surface area contributed by atoms with E-state index in [-0.39, 0.29) is 0 Å². The van der Waals surface area contributed by atoms with Gasteiger partial charge in [0, 0.05) is 65.8 Å². The molecule has 16 aromatic rings. The number of benzene rings is 12. The van der Waals surface area contributed by atoms with E-state index in [2.05, 4.69) is 228 Å². The zero-order chi connectivity index (χ0) is 49.8. The Morgan fingerprint density at radius 2 is 0.566 bits per heavy atom. The first-order valence-corrected chi connectivity index (χ1v) is 25.6. The molecule has 0 aliphatic carbocycles. The van der Waals surface area contributed by atoms with E-state index in [1.165, 1.54) is 0 Å². The third kappa shape index (κ3) is 6.67. The average Bonchev–Trinajstić information content (AvgIpc) is 4.25. The largest absolute Gasteiger partial charge is 0.456 e. The topological polar surface area (TPSA) is 59.0 Å². The van der Waals surface area contributed by atoms with Gasteiger partial charge in [-0.15, -0.1) is 0 Å². The Kier molecular flexibility index (Phi) is 9.23. The van der Waals surface area contributed by atoms with Crippen molar-refractivity contribution in [2.75, 3.05) is 9.80 Å². The maximum Gasteiger partial charge on any atom is 0.159 e. The van der Waals surface area contributed by atoms with Crippen LogP contribution in [0, 0.1) is 0 Å². The molecule has 0 saturated heterocycles. The van der Waals surface area contributed by atoms with Crippen LogP contribution in [0.2, 0.25) is 0 Å². The molecule has 0 aliphatic rings. The van der Waals surface area contributed by atoms with Gasteiger partial charge in [-0.25, -0.2) is 0 Å². The summed E-state index contributed by atoms with van der Waals surface area (Å²) >= 11 is 0. The molecule has 0 saturated carbocycles. The van der Waals surface area contributed by atoms with Gasteiger partial charge in [-0.3, -0.25) is 0 Å². The van der Waals surface area contributed by atoms with Crippen molar-refractivity contribution in [3.63, 3.8) is 0 Å². The van der Waals surface area contributed by atoms with Crippen LogP contribution in [0.5, 0.6) is 0 Å². The molecule has 0 bridgehead atoms. The van der Waals surface area contributed by atoms with Crippen molar-refractivity contribution >= 4 is 133 Å². The van der Waals surface area contributed by atoms with E-state index in [4.69, 9.17) is 17.7 Å². The Morgan fingerprint density at radius 1 is 0.211 bits per heavy atom. The molecule has 12 aromatic carbocycles. The Labute approximate surface area is 435 Å². The van der Waals surface area contributed by atoms with Crippen molar-refractivity contribution in [2.24, 2.45) is 0 Å². The molecule has 6 nitrogen and oxygen atoms in total. The molecule has 0 unspecified atom stereocenters. The lowest BCUT2D eigenvalue weighted by molar-refractivity contribution is 0.668. The molecule has 16 rings (SSSR count). The number of nitrogens with zero attached hydrogens (tertiary/aromatic N) is 2. The third-order valence-electron chi connectivity index (χ3n) is 15.2. The van der Waals surface area contributed by atoms with Gasteiger partial charge in [-0.1, -0.05) is 133 Å². The van der Waals surface area contributed by atoms with Crippen LogP contribution >= 0.6 is 0 Å². The summed E-state index contributed by atoms with van der Waals surface area (Å²) in [5.41, 5.74) is 17.3. The number of para-hydroxylation sites is 6. The van der Waals surface area contributed by atoms with Crippen LogP contribution in [-0.2, 0) is 0 Å². The van der Waals surface area contributed by atoms with Crippen LogP contribution in [0.25, 0.3) is 121 Å². The van der Waals surface area contributed by atoms with Crippen molar-refractivity contribution < 1.29 is 17.7 Å². The van der Waals surface area contributed by atoms with Crippen molar-refractivity contribution in [1.82, 2.24) is 0 Å². The smallest absolute Gasteiger partial charge is 0.159 e. The van der Waals surface area contributed by atoms with Crippen LogP contribution in [0.1, 0.15) is 0 Å². The van der Waals surface area contributed by atoms with Crippen molar-refractivity contribution in [3.05, 3.63) is 255 Å². The lowest BCUT2D eigenvalue weighted by Crippen LogP contribution is -2.10. The predicted octanol–water partition coefficient (Wildman–Crippen LogP) is 20.7. The summed E-state index contributed by atoms with van der Waals surface area (Å²) in [6.07, 6.45) is 0. The number of fused-ring (bicyclic) bond motifs is 13. The molecule has 0 N–H and O–H groups in total. The highest BCUT2D eigenvalue weighted by molar-refractivity contribution is 6.16. The maximum absolute atomic E-state index is 6.65. The lowest BCUT2D eigenvalue weighted by Gasteiger charge is -2.25. The van der Waals surface area contributed by atoms with E-state index in [9.17, 15) is 0 Å². The monoisotopic (exact) mass is 974 g/mol. The fourth-order valence-corrected chi connectivity index (χ4v) is 11.6. The molecule has 0 spiro atoms. The summed E-state index contributed by atoms with van der Waals surface area (Å²) in [6, 6.07) is 89.5. The van der Waals surface area contributed by atoms with Crippen LogP contribution in [-0.4, -0.2) is 0 Å². The fourth-order valence-electron chi connectivity index (χ4n) is 11.6. The van der Waals surface area contributed by atoms with Gasteiger partial charge in [0.1, 0.15) is 33.5 Å². The molecule has 356 valence electrons. The Morgan fingerprint density at radius 3 is 1.03 bits per heavy atom. The molecule has 0 amide bonds. The minimum atomic E-state index is 0.842. The number of hydrogen-bond acceptors (Lipinski definition) is 6. The first kappa shape index (κ1) is 42.2. The summed E-state index contributed by atoms with van der Waals surface area (Å²) in [4.78, 5) is 4.54. The van der Waals surface area contributed by atoms with Gasteiger partial charge in [0.2, 0.25) is 0 Å².